The molecule has 3 aliphatic rings. The summed E-state index contributed by atoms with van der Waals surface area (Å²) in [6.07, 6.45) is 4.89. The second-order valence-corrected chi connectivity index (χ2v) is 15.1. The molecule has 7 rings (SSSR count). The number of hydrogen-bond donors (Lipinski definition) is 2. The third-order valence-electron chi connectivity index (χ3n) is 11.6. The first-order chi connectivity index (χ1) is 26.4. The van der Waals surface area contributed by atoms with Crippen LogP contribution in [0.3, 0.4) is 0 Å². The fraction of sp³-hybridized carbons (Fsp3) is 0.463. The number of halogens is 4. The second-order valence-electron chi connectivity index (χ2n) is 15.1. The summed E-state index contributed by atoms with van der Waals surface area (Å²) in [5.41, 5.74) is 1.47. The Morgan fingerprint density at radius 2 is 1.69 bits per heavy atom. The van der Waals surface area contributed by atoms with Crippen molar-refractivity contribution in [2.75, 3.05) is 45.2 Å². The number of alkyl halides is 3. The number of likely N-dealkylation sites (tertiary alicyclic amines) is 2. The molecule has 2 amide bonds. The van der Waals surface area contributed by atoms with E-state index < -0.39 is 23.7 Å². The summed E-state index contributed by atoms with van der Waals surface area (Å²) in [6.45, 7) is 4.39. The predicted molar refractivity (Wildman–Crippen MR) is 201 cm³/mol. The zero-order chi connectivity index (χ0) is 38.9. The molecular weight excluding hydrogens is 716 g/mol. The Kier molecular flexibility index (Phi) is 11.3. The lowest BCUT2D eigenvalue weighted by Gasteiger charge is -2.36. The fourth-order valence-corrected chi connectivity index (χ4v) is 8.41. The first-order valence-electron chi connectivity index (χ1n) is 18.9. The number of carbonyl (C=O) groups excluding carboxylic acids is 2. The third-order valence-corrected chi connectivity index (χ3v) is 11.6. The van der Waals surface area contributed by atoms with Crippen molar-refractivity contribution in [1.82, 2.24) is 24.7 Å². The molecule has 55 heavy (non-hydrogen) atoms. The molecule has 2 aromatic carbocycles. The van der Waals surface area contributed by atoms with Crippen LogP contribution in [0, 0.1) is 11.7 Å². The van der Waals surface area contributed by atoms with Crippen molar-refractivity contribution in [3.8, 4) is 16.9 Å². The van der Waals surface area contributed by atoms with E-state index in [1.807, 2.05) is 6.07 Å². The van der Waals surface area contributed by atoms with Gasteiger partial charge in [0.2, 0.25) is 11.8 Å². The number of imide groups is 1. The van der Waals surface area contributed by atoms with Gasteiger partial charge in [0, 0.05) is 55.4 Å². The fourth-order valence-electron chi connectivity index (χ4n) is 8.41. The van der Waals surface area contributed by atoms with Gasteiger partial charge in [-0.25, -0.2) is 4.39 Å². The Labute approximate surface area is 316 Å². The zero-order valence-corrected chi connectivity index (χ0v) is 31.1. The lowest BCUT2D eigenvalue weighted by Crippen LogP contribution is -2.47. The number of piperidine rings is 3. The average Bonchev–Trinajstić information content (AvgIpc) is 3.17. The number of aryl methyl sites for hydroxylation is 1. The Hall–Kier alpha value is -4.82. The Morgan fingerprint density at radius 1 is 0.945 bits per heavy atom. The minimum absolute atomic E-state index is 0.136. The van der Waals surface area contributed by atoms with Crippen molar-refractivity contribution in [2.45, 2.75) is 69.6 Å². The molecule has 1 atom stereocenters. The summed E-state index contributed by atoms with van der Waals surface area (Å²) in [4.78, 5) is 45.0. The van der Waals surface area contributed by atoms with Crippen molar-refractivity contribution in [3.63, 3.8) is 0 Å². The molecule has 1 unspecified atom stereocenters. The van der Waals surface area contributed by atoms with Crippen LogP contribution in [0.5, 0.6) is 5.75 Å². The van der Waals surface area contributed by atoms with Gasteiger partial charge in [-0.15, -0.1) is 0 Å². The minimum atomic E-state index is -4.54. The maximum Gasteiger partial charge on any atom is 0.416 e. The van der Waals surface area contributed by atoms with E-state index in [-0.39, 0.29) is 47.3 Å². The van der Waals surface area contributed by atoms with Gasteiger partial charge in [-0.3, -0.25) is 29.6 Å². The summed E-state index contributed by atoms with van der Waals surface area (Å²) in [6, 6.07) is 8.56. The van der Waals surface area contributed by atoms with Gasteiger partial charge in [0.05, 0.1) is 18.1 Å². The number of benzene rings is 2. The molecule has 3 aliphatic heterocycles. The first kappa shape index (κ1) is 38.5. The molecule has 5 heterocycles. The number of hydrogen-bond acceptors (Lipinski definition) is 8. The lowest BCUT2D eigenvalue weighted by molar-refractivity contribution is -0.138. The molecule has 0 aliphatic carbocycles. The highest BCUT2D eigenvalue weighted by molar-refractivity contribution is 6.01. The van der Waals surface area contributed by atoms with E-state index in [2.05, 4.69) is 25.4 Å². The number of fused-ring (bicyclic) bond motifs is 1. The van der Waals surface area contributed by atoms with Gasteiger partial charge in [0.1, 0.15) is 17.6 Å². The molecule has 2 N–H and O–H groups in total. The number of methoxy groups -OCH3 is 1. The van der Waals surface area contributed by atoms with Crippen molar-refractivity contribution < 1.29 is 31.9 Å². The number of anilines is 1. The molecule has 3 fully saturated rings. The highest BCUT2D eigenvalue weighted by Crippen LogP contribution is 2.41. The third kappa shape index (κ3) is 8.55. The van der Waals surface area contributed by atoms with Crippen LogP contribution in [0.4, 0.5) is 23.2 Å². The Bertz CT molecular complexity index is 2120. The number of ether oxygens (including phenoxy) is 1. The number of rotatable bonds is 10. The van der Waals surface area contributed by atoms with Crippen LogP contribution in [-0.4, -0.2) is 77.0 Å². The van der Waals surface area contributed by atoms with Crippen LogP contribution in [0.2, 0.25) is 0 Å². The zero-order valence-electron chi connectivity index (χ0n) is 31.1. The SMILES string of the molecule is COc1cc(-c2cn(C)c(=O)c3cnccc23)cc(F)c1CN1CCC(CCN2CCC(c3ccc(NC4CCC(=O)NC4=O)cc3C(F)(F)F)CC2)CC1. The van der Waals surface area contributed by atoms with Crippen LogP contribution in [-0.2, 0) is 29.4 Å². The van der Waals surface area contributed by atoms with Crippen LogP contribution in [0.25, 0.3) is 21.9 Å². The first-order valence-corrected chi connectivity index (χ1v) is 18.9. The number of aromatic nitrogens is 2. The van der Waals surface area contributed by atoms with E-state index in [0.29, 0.717) is 53.0 Å². The van der Waals surface area contributed by atoms with Crippen molar-refractivity contribution >= 4 is 28.3 Å². The maximum absolute atomic E-state index is 15.8. The summed E-state index contributed by atoms with van der Waals surface area (Å²) >= 11 is 0. The molecule has 2 aromatic heterocycles. The predicted octanol–water partition coefficient (Wildman–Crippen LogP) is 6.47. The maximum atomic E-state index is 15.8. The molecule has 292 valence electrons. The van der Waals surface area contributed by atoms with Gasteiger partial charge >= 0.3 is 6.18 Å². The van der Waals surface area contributed by atoms with Gasteiger partial charge < -0.3 is 19.5 Å². The molecule has 0 radical (unpaired) electrons. The standard InChI is InChI=1S/C41H46F4N6O4/c1-49-23-32(30-7-13-46-22-31(30)40(49)54)27-19-35(42)33(37(20-27)55-2)24-51-15-9-25(10-16-51)8-14-50-17-11-26(12-18-50)29-4-3-28(21-34(29)41(43,44)45)47-36-5-6-38(52)48-39(36)53/h3-4,7,13,19-23,25-26,36,47H,5-6,8-12,14-18,24H2,1-2H3,(H,48,52,53). The molecule has 3 saturated heterocycles. The number of carbonyl (C=O) groups is 2. The number of amides is 2. The number of nitrogens with one attached hydrogen (secondary N) is 2. The van der Waals surface area contributed by atoms with E-state index >= 15 is 4.39 Å². The van der Waals surface area contributed by atoms with Gasteiger partial charge in [0.25, 0.3) is 5.56 Å². The van der Waals surface area contributed by atoms with E-state index in [1.165, 1.54) is 30.0 Å². The molecule has 0 spiro atoms. The molecule has 14 heteroatoms. The summed E-state index contributed by atoms with van der Waals surface area (Å²) in [5, 5.41) is 6.26. The van der Waals surface area contributed by atoms with Gasteiger partial charge in [-0.1, -0.05) is 6.07 Å². The highest BCUT2D eigenvalue weighted by atomic mass is 19.4. The summed E-state index contributed by atoms with van der Waals surface area (Å²) in [5.74, 6) is -0.523. The van der Waals surface area contributed by atoms with Crippen molar-refractivity contribution in [2.24, 2.45) is 13.0 Å². The van der Waals surface area contributed by atoms with Crippen LogP contribution < -0.4 is 20.9 Å². The van der Waals surface area contributed by atoms with Gasteiger partial charge in [-0.2, -0.15) is 13.2 Å². The Balaban J connectivity index is 0.908. The Morgan fingerprint density at radius 3 is 2.40 bits per heavy atom. The van der Waals surface area contributed by atoms with E-state index in [0.717, 1.165) is 63.6 Å². The minimum Gasteiger partial charge on any atom is -0.496 e. The molecule has 0 bridgehead atoms. The van der Waals surface area contributed by atoms with Gasteiger partial charge in [-0.05, 0) is 130 Å². The quantitative estimate of drug-likeness (QED) is 0.140. The molecule has 4 aromatic rings. The average molecular weight is 763 g/mol. The lowest BCUT2D eigenvalue weighted by atomic mass is 9.85. The van der Waals surface area contributed by atoms with Crippen molar-refractivity contribution in [1.29, 1.82) is 0 Å². The summed E-state index contributed by atoms with van der Waals surface area (Å²) < 4.78 is 65.7. The van der Waals surface area contributed by atoms with E-state index in [1.54, 1.807) is 31.6 Å². The number of nitrogens with zero attached hydrogens (tertiary/aromatic N) is 4. The molecule has 10 nitrogen and oxygen atoms in total. The highest BCUT2D eigenvalue weighted by Gasteiger charge is 2.37. The van der Waals surface area contributed by atoms with Crippen LogP contribution in [0.15, 0.2) is 59.8 Å². The normalized spacial score (nSPS) is 19.5. The smallest absolute Gasteiger partial charge is 0.416 e. The number of pyridine rings is 2. The molecular formula is C41H46F4N6O4. The second kappa shape index (κ2) is 16.1. The van der Waals surface area contributed by atoms with Crippen LogP contribution in [0.1, 0.15) is 67.6 Å². The van der Waals surface area contributed by atoms with Gasteiger partial charge in [0.15, 0.2) is 0 Å². The monoisotopic (exact) mass is 762 g/mol. The topological polar surface area (TPSA) is 109 Å². The van der Waals surface area contributed by atoms with E-state index in [4.69, 9.17) is 4.74 Å². The summed E-state index contributed by atoms with van der Waals surface area (Å²) in [7, 11) is 3.20. The van der Waals surface area contributed by atoms with Crippen LogP contribution >= 0.6 is 0 Å². The van der Waals surface area contributed by atoms with Crippen molar-refractivity contribution in [3.05, 3.63) is 87.9 Å². The molecule has 0 saturated carbocycles. The van der Waals surface area contributed by atoms with E-state index in [9.17, 15) is 27.6 Å². The largest absolute Gasteiger partial charge is 0.496 e.